The zero-order valence-electron chi connectivity index (χ0n) is 14.8. The number of carbonyl (C=O) groups excluding carboxylic acids is 2. The molecule has 0 unspecified atom stereocenters. The molecule has 1 heterocycles. The second-order valence-corrected chi connectivity index (χ2v) is 6.22. The minimum atomic E-state index is -0.276. The summed E-state index contributed by atoms with van der Waals surface area (Å²) in [6, 6.07) is 16.2. The molecule has 4 heteroatoms. The Morgan fingerprint density at radius 2 is 1.69 bits per heavy atom. The van der Waals surface area contributed by atoms with E-state index < -0.39 is 0 Å². The van der Waals surface area contributed by atoms with Crippen molar-refractivity contribution in [2.24, 2.45) is 0 Å². The highest BCUT2D eigenvalue weighted by atomic mass is 16.2. The zero-order chi connectivity index (χ0) is 18.5. The fourth-order valence-corrected chi connectivity index (χ4v) is 2.70. The summed E-state index contributed by atoms with van der Waals surface area (Å²) < 4.78 is 0. The lowest BCUT2D eigenvalue weighted by atomic mass is 9.95. The minimum Gasteiger partial charge on any atom is -0.348 e. The summed E-state index contributed by atoms with van der Waals surface area (Å²) in [7, 11) is 0. The van der Waals surface area contributed by atoms with Crippen LogP contribution in [0.3, 0.4) is 0 Å². The van der Waals surface area contributed by atoms with Gasteiger partial charge >= 0.3 is 0 Å². The number of ketones is 1. The molecule has 2 aromatic carbocycles. The maximum absolute atomic E-state index is 12.9. The molecule has 0 fully saturated rings. The Balaban J connectivity index is 1.84. The van der Waals surface area contributed by atoms with Crippen molar-refractivity contribution in [3.8, 4) is 0 Å². The quantitative estimate of drug-likeness (QED) is 0.715. The van der Waals surface area contributed by atoms with Gasteiger partial charge in [-0.15, -0.1) is 0 Å². The van der Waals surface area contributed by atoms with Crippen molar-refractivity contribution in [1.29, 1.82) is 0 Å². The second-order valence-electron chi connectivity index (χ2n) is 6.22. The Labute approximate surface area is 152 Å². The van der Waals surface area contributed by atoms with Crippen LogP contribution < -0.4 is 5.32 Å². The normalized spacial score (nSPS) is 10.4. The van der Waals surface area contributed by atoms with Gasteiger partial charge in [-0.3, -0.25) is 14.6 Å². The van der Waals surface area contributed by atoms with Gasteiger partial charge in [-0.05, 0) is 48.7 Å². The smallest absolute Gasteiger partial charge is 0.252 e. The average Bonchev–Trinajstić information content (AvgIpc) is 2.68. The average molecular weight is 344 g/mol. The van der Waals surface area contributed by atoms with Crippen molar-refractivity contribution in [3.05, 3.63) is 100 Å². The predicted molar refractivity (Wildman–Crippen MR) is 101 cm³/mol. The lowest BCUT2D eigenvalue weighted by molar-refractivity contribution is 0.0939. The maximum atomic E-state index is 12.9. The van der Waals surface area contributed by atoms with Crippen LogP contribution in [0.1, 0.15) is 43.0 Å². The predicted octanol–water partition coefficient (Wildman–Crippen LogP) is 3.86. The number of hydrogen-bond acceptors (Lipinski definition) is 3. The van der Waals surface area contributed by atoms with Crippen LogP contribution in [0.25, 0.3) is 0 Å². The Morgan fingerprint density at radius 3 is 2.38 bits per heavy atom. The first-order valence-corrected chi connectivity index (χ1v) is 8.44. The third kappa shape index (κ3) is 3.86. The fraction of sp³-hybridized carbons (Fsp3) is 0.136. The van der Waals surface area contributed by atoms with E-state index in [1.165, 1.54) is 0 Å². The number of nitrogens with one attached hydrogen (secondary N) is 1. The van der Waals surface area contributed by atoms with Crippen LogP contribution >= 0.6 is 0 Å². The molecular formula is C22H20N2O2. The van der Waals surface area contributed by atoms with Gasteiger partial charge in [0, 0.05) is 30.1 Å². The fourth-order valence-electron chi connectivity index (χ4n) is 2.70. The number of carbonyl (C=O) groups is 2. The zero-order valence-corrected chi connectivity index (χ0v) is 14.8. The van der Waals surface area contributed by atoms with Gasteiger partial charge in [-0.1, -0.05) is 36.4 Å². The lowest BCUT2D eigenvalue weighted by Crippen LogP contribution is -2.25. The van der Waals surface area contributed by atoms with Gasteiger partial charge in [-0.2, -0.15) is 0 Å². The monoisotopic (exact) mass is 344 g/mol. The van der Waals surface area contributed by atoms with Crippen molar-refractivity contribution in [2.45, 2.75) is 20.4 Å². The van der Waals surface area contributed by atoms with Crippen LogP contribution in [0.15, 0.2) is 67.0 Å². The van der Waals surface area contributed by atoms with Gasteiger partial charge in [0.1, 0.15) is 0 Å². The molecule has 0 aliphatic carbocycles. The minimum absolute atomic E-state index is 0.153. The number of aromatic nitrogens is 1. The summed E-state index contributed by atoms with van der Waals surface area (Å²) in [4.78, 5) is 29.6. The molecule has 3 aromatic rings. The van der Waals surface area contributed by atoms with Crippen LogP contribution in [0, 0.1) is 13.8 Å². The molecule has 0 atom stereocenters. The SMILES string of the molecule is Cc1ccc(C(=O)c2ccccc2C(=O)NCc2cccnc2)cc1C. The van der Waals surface area contributed by atoms with Gasteiger partial charge in [0.05, 0.1) is 5.56 Å². The summed E-state index contributed by atoms with van der Waals surface area (Å²) in [6.07, 6.45) is 3.38. The van der Waals surface area contributed by atoms with E-state index in [-0.39, 0.29) is 11.7 Å². The molecule has 0 bridgehead atoms. The van der Waals surface area contributed by atoms with Gasteiger partial charge < -0.3 is 5.32 Å². The second kappa shape index (κ2) is 7.74. The molecule has 0 saturated carbocycles. The van der Waals surface area contributed by atoms with Gasteiger partial charge in [-0.25, -0.2) is 0 Å². The van der Waals surface area contributed by atoms with E-state index >= 15 is 0 Å². The molecule has 0 radical (unpaired) electrons. The van der Waals surface area contributed by atoms with Gasteiger partial charge in [0.15, 0.2) is 5.78 Å². The number of aryl methyl sites for hydroxylation is 2. The summed E-state index contributed by atoms with van der Waals surface area (Å²) >= 11 is 0. The van der Waals surface area contributed by atoms with E-state index in [2.05, 4.69) is 10.3 Å². The molecule has 130 valence electrons. The summed E-state index contributed by atoms with van der Waals surface area (Å²) in [5.41, 5.74) is 4.44. The molecule has 26 heavy (non-hydrogen) atoms. The molecule has 4 nitrogen and oxygen atoms in total. The summed E-state index contributed by atoms with van der Waals surface area (Å²) in [5.74, 6) is -0.429. The number of nitrogens with zero attached hydrogens (tertiary/aromatic N) is 1. The van der Waals surface area contributed by atoms with Crippen LogP contribution in [-0.4, -0.2) is 16.7 Å². The molecule has 1 N–H and O–H groups in total. The molecule has 0 spiro atoms. The van der Waals surface area contributed by atoms with E-state index in [1.807, 2.05) is 38.1 Å². The maximum Gasteiger partial charge on any atom is 0.252 e. The van der Waals surface area contributed by atoms with Crippen molar-refractivity contribution in [2.75, 3.05) is 0 Å². The highest BCUT2D eigenvalue weighted by Gasteiger charge is 2.18. The lowest BCUT2D eigenvalue weighted by Gasteiger charge is -2.10. The number of pyridine rings is 1. The van der Waals surface area contributed by atoms with Gasteiger partial charge in [0.25, 0.3) is 5.91 Å². The van der Waals surface area contributed by atoms with Crippen molar-refractivity contribution in [1.82, 2.24) is 10.3 Å². The molecule has 3 rings (SSSR count). The van der Waals surface area contributed by atoms with Crippen molar-refractivity contribution < 1.29 is 9.59 Å². The van der Waals surface area contributed by atoms with Crippen molar-refractivity contribution in [3.63, 3.8) is 0 Å². The summed E-state index contributed by atoms with van der Waals surface area (Å²) in [6.45, 7) is 4.33. The number of rotatable bonds is 5. The Bertz CT molecular complexity index is 949. The van der Waals surface area contributed by atoms with E-state index in [9.17, 15) is 9.59 Å². The Hall–Kier alpha value is -3.27. The van der Waals surface area contributed by atoms with Crippen LogP contribution in [0.4, 0.5) is 0 Å². The topological polar surface area (TPSA) is 59.1 Å². The molecule has 1 amide bonds. The third-order valence-corrected chi connectivity index (χ3v) is 4.36. The molecule has 0 aliphatic heterocycles. The Morgan fingerprint density at radius 1 is 0.923 bits per heavy atom. The van der Waals surface area contributed by atoms with Crippen LogP contribution in [0.2, 0.25) is 0 Å². The van der Waals surface area contributed by atoms with E-state index in [0.717, 1.165) is 16.7 Å². The number of hydrogen-bond donors (Lipinski definition) is 1. The van der Waals surface area contributed by atoms with E-state index in [1.54, 1.807) is 42.7 Å². The van der Waals surface area contributed by atoms with Gasteiger partial charge in [0.2, 0.25) is 0 Å². The highest BCUT2D eigenvalue weighted by Crippen LogP contribution is 2.17. The molecule has 0 saturated heterocycles. The third-order valence-electron chi connectivity index (χ3n) is 4.36. The van der Waals surface area contributed by atoms with Crippen LogP contribution in [-0.2, 0) is 6.54 Å². The largest absolute Gasteiger partial charge is 0.348 e. The molecule has 0 aliphatic rings. The first-order chi connectivity index (χ1) is 12.6. The Kier molecular flexibility index (Phi) is 5.23. The highest BCUT2D eigenvalue weighted by molar-refractivity contribution is 6.15. The van der Waals surface area contributed by atoms with Crippen molar-refractivity contribution >= 4 is 11.7 Å². The standard InChI is InChI=1S/C22H20N2O2/c1-15-9-10-18(12-16(15)2)21(25)19-7-3-4-8-20(19)22(26)24-14-17-6-5-11-23-13-17/h3-13H,14H2,1-2H3,(H,24,26). The number of amides is 1. The van der Waals surface area contributed by atoms with E-state index in [4.69, 9.17) is 0 Å². The first-order valence-electron chi connectivity index (χ1n) is 8.44. The molecule has 1 aromatic heterocycles. The first kappa shape index (κ1) is 17.5. The number of benzene rings is 2. The van der Waals surface area contributed by atoms with E-state index in [0.29, 0.717) is 23.2 Å². The summed E-state index contributed by atoms with van der Waals surface area (Å²) in [5, 5.41) is 2.85. The van der Waals surface area contributed by atoms with Crippen LogP contribution in [0.5, 0.6) is 0 Å². The molecular weight excluding hydrogens is 324 g/mol.